The molecule has 3 aromatic rings. The van der Waals surface area contributed by atoms with E-state index in [4.69, 9.17) is 4.74 Å². The van der Waals surface area contributed by atoms with Crippen molar-refractivity contribution in [3.8, 4) is 11.6 Å². The number of rotatable bonds is 8. The van der Waals surface area contributed by atoms with Gasteiger partial charge >= 0.3 is 12.4 Å². The van der Waals surface area contributed by atoms with Crippen LogP contribution >= 0.6 is 0 Å². The third-order valence-electron chi connectivity index (χ3n) is 7.30. The maximum Gasteiger partial charge on any atom is 0.392 e. The molecule has 1 aliphatic carbocycles. The van der Waals surface area contributed by atoms with Crippen LogP contribution in [0.15, 0.2) is 36.5 Å². The van der Waals surface area contributed by atoms with Crippen LogP contribution < -0.4 is 14.8 Å². The Morgan fingerprint density at radius 2 is 1.84 bits per heavy atom. The minimum Gasteiger partial charge on any atom is -0.493 e. The number of nitrogens with zero attached hydrogens (tertiary/aromatic N) is 3. The van der Waals surface area contributed by atoms with Gasteiger partial charge in [0.2, 0.25) is 10.0 Å². The van der Waals surface area contributed by atoms with E-state index in [0.717, 1.165) is 15.8 Å². The normalized spacial score (nSPS) is 18.1. The van der Waals surface area contributed by atoms with Gasteiger partial charge in [0, 0.05) is 12.6 Å². The first-order valence-corrected chi connectivity index (χ1v) is 14.9. The first kappa shape index (κ1) is 31.3. The van der Waals surface area contributed by atoms with Crippen molar-refractivity contribution < 1.29 is 49.1 Å². The van der Waals surface area contributed by atoms with Crippen LogP contribution in [0.1, 0.15) is 62.5 Å². The van der Waals surface area contributed by atoms with Gasteiger partial charge in [-0.2, -0.15) is 31.4 Å². The number of aromatic nitrogens is 3. The minimum absolute atomic E-state index is 0.0509. The molecular formula is C27H25F6N5O5S. The van der Waals surface area contributed by atoms with Crippen LogP contribution in [0.4, 0.5) is 26.3 Å². The number of hydrogen-bond donors (Lipinski definition) is 2. The summed E-state index contributed by atoms with van der Waals surface area (Å²) >= 11 is 0. The largest absolute Gasteiger partial charge is 0.493 e. The molecule has 1 atom stereocenters. The Kier molecular flexibility index (Phi) is 7.88. The van der Waals surface area contributed by atoms with E-state index < -0.39 is 70.6 Å². The number of alkyl halides is 6. The number of carbonyl (C=O) groups is 2. The van der Waals surface area contributed by atoms with Crippen LogP contribution in [-0.4, -0.2) is 59.7 Å². The molecular weight excluding hydrogens is 620 g/mol. The minimum atomic E-state index is -4.79. The number of ether oxygens (including phenoxy) is 1. The predicted octanol–water partition coefficient (Wildman–Crippen LogP) is 4.05. The maximum absolute atomic E-state index is 13.6. The van der Waals surface area contributed by atoms with Crippen LogP contribution in [-0.2, 0) is 28.4 Å². The van der Waals surface area contributed by atoms with Gasteiger partial charge in [-0.25, -0.2) is 22.8 Å². The fourth-order valence-corrected chi connectivity index (χ4v) is 6.28. The number of amides is 2. The molecule has 2 aromatic heterocycles. The Morgan fingerprint density at radius 3 is 2.50 bits per heavy atom. The number of benzene rings is 1. The summed E-state index contributed by atoms with van der Waals surface area (Å²) in [5, 5.41) is 7.32. The highest BCUT2D eigenvalue weighted by Gasteiger charge is 2.47. The number of nitrogens with one attached hydrogen (secondary N) is 2. The standard InChI is InChI=1S/C27H25F6N5O5S/c1-15-2-5-20(34-14-15)38-22(24(40)37-44(41,42)11-9-27(31,32)33)21-19(36-38)13-25(35-23(21)39)7-6-16-12-17(3-4-18(16)25)43-10-8-26(28,29)30/h2-5,12,14H,6-11,13H2,1H3,(H,35,39)(H,37,40)/t25-/m0/s1. The molecule has 2 amide bonds. The van der Waals surface area contributed by atoms with Crippen LogP contribution in [0.3, 0.4) is 0 Å². The fraction of sp³-hybridized carbons (Fsp3) is 0.407. The lowest BCUT2D eigenvalue weighted by Gasteiger charge is -2.35. The molecule has 0 unspecified atom stereocenters. The van der Waals surface area contributed by atoms with Gasteiger partial charge in [-0.3, -0.25) is 9.59 Å². The van der Waals surface area contributed by atoms with E-state index >= 15 is 0 Å². The lowest BCUT2D eigenvalue weighted by Crippen LogP contribution is -2.50. The summed E-state index contributed by atoms with van der Waals surface area (Å²) in [4.78, 5) is 31.1. The molecule has 0 saturated heterocycles. The number of fused-ring (bicyclic) bond motifs is 3. The molecule has 1 aromatic carbocycles. The quantitative estimate of drug-likeness (QED) is 0.354. The zero-order valence-electron chi connectivity index (χ0n) is 23.0. The Morgan fingerprint density at radius 1 is 1.11 bits per heavy atom. The van der Waals surface area contributed by atoms with Crippen molar-refractivity contribution in [3.05, 3.63) is 70.2 Å². The predicted molar refractivity (Wildman–Crippen MR) is 142 cm³/mol. The Bertz CT molecular complexity index is 1720. The van der Waals surface area contributed by atoms with Crippen molar-refractivity contribution in [1.29, 1.82) is 0 Å². The number of halogens is 6. The van der Waals surface area contributed by atoms with Gasteiger partial charge in [0.1, 0.15) is 11.4 Å². The van der Waals surface area contributed by atoms with Gasteiger partial charge in [-0.15, -0.1) is 0 Å². The number of carbonyl (C=O) groups excluding carboxylic acids is 2. The topological polar surface area (TPSA) is 132 Å². The average molecular weight is 646 g/mol. The molecule has 0 radical (unpaired) electrons. The zero-order chi connectivity index (χ0) is 32.1. The van der Waals surface area contributed by atoms with Crippen molar-refractivity contribution in [3.63, 3.8) is 0 Å². The van der Waals surface area contributed by atoms with Gasteiger partial charge < -0.3 is 10.1 Å². The van der Waals surface area contributed by atoms with E-state index in [2.05, 4.69) is 15.4 Å². The lowest BCUT2D eigenvalue weighted by molar-refractivity contribution is -0.139. The lowest BCUT2D eigenvalue weighted by atomic mass is 9.82. The molecule has 0 bridgehead atoms. The van der Waals surface area contributed by atoms with Crippen molar-refractivity contribution in [2.24, 2.45) is 0 Å². The smallest absolute Gasteiger partial charge is 0.392 e. The van der Waals surface area contributed by atoms with Crippen LogP contribution in [0, 0.1) is 6.92 Å². The second kappa shape index (κ2) is 11.1. The molecule has 5 rings (SSSR count). The van der Waals surface area contributed by atoms with Crippen molar-refractivity contribution >= 4 is 21.8 Å². The summed E-state index contributed by atoms with van der Waals surface area (Å²) < 4.78 is 108. The molecule has 10 nitrogen and oxygen atoms in total. The highest BCUT2D eigenvalue weighted by Crippen LogP contribution is 2.44. The van der Waals surface area contributed by atoms with Gasteiger partial charge in [0.05, 0.1) is 42.0 Å². The van der Waals surface area contributed by atoms with Crippen molar-refractivity contribution in [2.75, 3.05) is 12.4 Å². The summed E-state index contributed by atoms with van der Waals surface area (Å²) in [5.41, 5.74) is 0.471. The van der Waals surface area contributed by atoms with Gasteiger partial charge in [-0.05, 0) is 54.7 Å². The van der Waals surface area contributed by atoms with Crippen molar-refractivity contribution in [2.45, 2.75) is 56.9 Å². The second-order valence-electron chi connectivity index (χ2n) is 10.6. The molecule has 0 saturated carbocycles. The average Bonchev–Trinajstić information content (AvgIpc) is 3.46. The zero-order valence-corrected chi connectivity index (χ0v) is 23.8. The van der Waals surface area contributed by atoms with E-state index in [0.29, 0.717) is 18.4 Å². The number of aryl methyl sites for hydroxylation is 2. The van der Waals surface area contributed by atoms with Crippen LogP contribution in [0.25, 0.3) is 5.82 Å². The summed E-state index contributed by atoms with van der Waals surface area (Å²) in [6, 6.07) is 7.83. The molecule has 3 heterocycles. The highest BCUT2D eigenvalue weighted by atomic mass is 32.2. The van der Waals surface area contributed by atoms with E-state index in [1.807, 2.05) is 0 Å². The summed E-state index contributed by atoms with van der Waals surface area (Å²) in [6.45, 7) is 1.18. The Hall–Kier alpha value is -4.15. The molecule has 44 heavy (non-hydrogen) atoms. The van der Waals surface area contributed by atoms with Crippen LogP contribution in [0.5, 0.6) is 5.75 Å². The number of pyridine rings is 1. The fourth-order valence-electron chi connectivity index (χ4n) is 5.30. The SMILES string of the molecule is Cc1ccc(-n2nc3c(c2C(=O)NS(=O)(=O)CCC(F)(F)F)C(=O)N[C@@]2(CCc4cc(OCCC(F)(F)F)ccc42)C3)nc1. The highest BCUT2D eigenvalue weighted by molar-refractivity contribution is 7.90. The number of sulfonamides is 1. The third kappa shape index (κ3) is 6.66. The molecule has 17 heteroatoms. The van der Waals surface area contributed by atoms with E-state index in [-0.39, 0.29) is 29.2 Å². The van der Waals surface area contributed by atoms with E-state index in [9.17, 15) is 44.3 Å². The van der Waals surface area contributed by atoms with Crippen molar-refractivity contribution in [1.82, 2.24) is 24.8 Å². The van der Waals surface area contributed by atoms with Gasteiger partial charge in [0.15, 0.2) is 5.82 Å². The molecule has 2 aliphatic rings. The molecule has 1 spiro atoms. The molecule has 1 aliphatic heterocycles. The van der Waals surface area contributed by atoms with Gasteiger partial charge in [0.25, 0.3) is 11.8 Å². The maximum atomic E-state index is 13.6. The molecule has 236 valence electrons. The van der Waals surface area contributed by atoms with E-state index in [1.54, 1.807) is 29.8 Å². The second-order valence-corrected chi connectivity index (χ2v) is 12.5. The summed E-state index contributed by atoms with van der Waals surface area (Å²) in [6.07, 6.45) is -9.66. The first-order valence-electron chi connectivity index (χ1n) is 13.3. The number of hydrogen-bond acceptors (Lipinski definition) is 7. The van der Waals surface area contributed by atoms with Crippen LogP contribution in [0.2, 0.25) is 0 Å². The molecule has 0 fully saturated rings. The van der Waals surface area contributed by atoms with E-state index in [1.165, 1.54) is 18.3 Å². The first-order chi connectivity index (χ1) is 20.5. The summed E-state index contributed by atoms with van der Waals surface area (Å²) in [7, 11) is -4.76. The Balaban J connectivity index is 1.48. The van der Waals surface area contributed by atoms with Gasteiger partial charge in [-0.1, -0.05) is 12.1 Å². The Labute approximate surface area is 246 Å². The monoisotopic (exact) mass is 645 g/mol. The summed E-state index contributed by atoms with van der Waals surface area (Å²) in [5.74, 6) is -3.26. The third-order valence-corrected chi connectivity index (χ3v) is 8.54. The molecule has 2 N–H and O–H groups in total.